The Balaban J connectivity index is 3.61. The lowest BCUT2D eigenvalue weighted by atomic mass is 10.2. The molecule has 0 saturated heterocycles. The average molecular weight is 216 g/mol. The fraction of sp³-hybridized carbons (Fsp3) is 0.800. The first-order chi connectivity index (χ1) is 7.10. The Bertz CT molecular complexity index is 207. The highest BCUT2D eigenvalue weighted by Crippen LogP contribution is 1.97. The van der Waals surface area contributed by atoms with Gasteiger partial charge in [0.05, 0.1) is 6.42 Å². The number of nitrogens with zero attached hydrogens (tertiary/aromatic N) is 1. The first kappa shape index (κ1) is 13.9. The summed E-state index contributed by atoms with van der Waals surface area (Å²) in [6.45, 7) is 4.14. The summed E-state index contributed by atoms with van der Waals surface area (Å²) in [5, 5.41) is 11.1. The van der Waals surface area contributed by atoms with Crippen LogP contribution in [0.4, 0.5) is 0 Å². The van der Waals surface area contributed by atoms with E-state index >= 15 is 0 Å². The van der Waals surface area contributed by atoms with Gasteiger partial charge in [0, 0.05) is 20.0 Å². The third kappa shape index (κ3) is 7.93. The van der Waals surface area contributed by atoms with Gasteiger partial charge in [-0.3, -0.25) is 9.59 Å². The Kier molecular flexibility index (Phi) is 7.62. The lowest BCUT2D eigenvalue weighted by Crippen LogP contribution is -2.28. The van der Waals surface area contributed by atoms with Crippen LogP contribution < -0.4 is 5.32 Å². The summed E-state index contributed by atoms with van der Waals surface area (Å²) in [6, 6.07) is 0. The summed E-state index contributed by atoms with van der Waals surface area (Å²) >= 11 is 0. The molecule has 5 nitrogen and oxygen atoms in total. The second kappa shape index (κ2) is 8.23. The molecule has 2 N–H and O–H groups in total. The normalized spacial score (nSPS) is 10.3. The van der Waals surface area contributed by atoms with Crippen LogP contribution in [-0.2, 0) is 9.59 Å². The van der Waals surface area contributed by atoms with E-state index in [1.165, 1.54) is 0 Å². The monoisotopic (exact) mass is 216 g/mol. The van der Waals surface area contributed by atoms with E-state index in [-0.39, 0.29) is 12.3 Å². The SMILES string of the molecule is CCN(CCCC(=O)NC)CCC(=O)O. The molecular formula is C10H20N2O3. The third-order valence-electron chi connectivity index (χ3n) is 2.25. The molecule has 0 bridgehead atoms. The topological polar surface area (TPSA) is 69.6 Å². The zero-order chi connectivity index (χ0) is 11.7. The van der Waals surface area contributed by atoms with E-state index in [1.807, 2.05) is 11.8 Å². The number of carbonyl (C=O) groups is 2. The predicted octanol–water partition coefficient (Wildman–Crippen LogP) is 0.309. The van der Waals surface area contributed by atoms with Crippen LogP contribution in [0.2, 0.25) is 0 Å². The zero-order valence-electron chi connectivity index (χ0n) is 9.45. The smallest absolute Gasteiger partial charge is 0.304 e. The second-order valence-corrected chi connectivity index (χ2v) is 3.35. The molecule has 0 aromatic heterocycles. The highest BCUT2D eigenvalue weighted by Gasteiger charge is 2.06. The minimum atomic E-state index is -0.778. The molecule has 0 heterocycles. The molecule has 0 atom stereocenters. The molecule has 0 spiro atoms. The molecule has 0 fully saturated rings. The van der Waals surface area contributed by atoms with Gasteiger partial charge in [-0.15, -0.1) is 0 Å². The molecule has 0 rings (SSSR count). The van der Waals surface area contributed by atoms with Crippen LogP contribution in [0.15, 0.2) is 0 Å². The van der Waals surface area contributed by atoms with Crippen molar-refractivity contribution in [3.05, 3.63) is 0 Å². The molecule has 0 aliphatic carbocycles. The van der Waals surface area contributed by atoms with E-state index in [0.29, 0.717) is 13.0 Å². The Labute approximate surface area is 90.5 Å². The number of carboxylic acid groups (broad SMARTS) is 1. The summed E-state index contributed by atoms with van der Waals surface area (Å²) in [5.74, 6) is -0.746. The van der Waals surface area contributed by atoms with Gasteiger partial charge in [-0.25, -0.2) is 0 Å². The fourth-order valence-electron chi connectivity index (χ4n) is 1.27. The number of carbonyl (C=O) groups excluding carboxylic acids is 1. The van der Waals surface area contributed by atoms with E-state index in [9.17, 15) is 9.59 Å². The van der Waals surface area contributed by atoms with Gasteiger partial charge in [0.25, 0.3) is 0 Å². The molecule has 5 heteroatoms. The molecular weight excluding hydrogens is 196 g/mol. The standard InChI is InChI=1S/C10H20N2O3/c1-3-12(8-6-10(14)15)7-4-5-9(13)11-2/h3-8H2,1-2H3,(H,11,13)(H,14,15). The van der Waals surface area contributed by atoms with Crippen LogP contribution >= 0.6 is 0 Å². The van der Waals surface area contributed by atoms with Crippen LogP contribution in [0.5, 0.6) is 0 Å². The van der Waals surface area contributed by atoms with Gasteiger partial charge in [0.2, 0.25) is 5.91 Å². The number of hydrogen-bond acceptors (Lipinski definition) is 3. The van der Waals surface area contributed by atoms with E-state index in [1.54, 1.807) is 7.05 Å². The van der Waals surface area contributed by atoms with Gasteiger partial charge in [-0.05, 0) is 19.5 Å². The molecule has 0 saturated carbocycles. The van der Waals surface area contributed by atoms with Crippen molar-refractivity contribution in [1.82, 2.24) is 10.2 Å². The maximum absolute atomic E-state index is 10.9. The summed E-state index contributed by atoms with van der Waals surface area (Å²) in [4.78, 5) is 23.3. The van der Waals surface area contributed by atoms with Crippen molar-refractivity contribution in [2.24, 2.45) is 0 Å². The number of rotatable bonds is 8. The van der Waals surface area contributed by atoms with Gasteiger partial charge >= 0.3 is 5.97 Å². The van der Waals surface area contributed by atoms with Crippen LogP contribution in [0, 0.1) is 0 Å². The third-order valence-corrected chi connectivity index (χ3v) is 2.25. The molecule has 0 unspecified atom stereocenters. The number of hydrogen-bond donors (Lipinski definition) is 2. The lowest BCUT2D eigenvalue weighted by Gasteiger charge is -2.18. The molecule has 88 valence electrons. The molecule has 0 radical (unpaired) electrons. The van der Waals surface area contributed by atoms with Crippen molar-refractivity contribution in [2.75, 3.05) is 26.7 Å². The molecule has 1 amide bonds. The maximum Gasteiger partial charge on any atom is 0.304 e. The first-order valence-corrected chi connectivity index (χ1v) is 5.24. The van der Waals surface area contributed by atoms with Crippen LogP contribution in [0.3, 0.4) is 0 Å². The van der Waals surface area contributed by atoms with E-state index in [2.05, 4.69) is 5.32 Å². The van der Waals surface area contributed by atoms with Crippen molar-refractivity contribution in [3.63, 3.8) is 0 Å². The van der Waals surface area contributed by atoms with Crippen LogP contribution in [-0.4, -0.2) is 48.6 Å². The Hall–Kier alpha value is -1.10. The lowest BCUT2D eigenvalue weighted by molar-refractivity contribution is -0.137. The quantitative estimate of drug-likeness (QED) is 0.612. The minimum Gasteiger partial charge on any atom is -0.481 e. The van der Waals surface area contributed by atoms with Gasteiger partial charge in [0.15, 0.2) is 0 Å². The second-order valence-electron chi connectivity index (χ2n) is 3.35. The molecule has 0 aliphatic heterocycles. The Morgan fingerprint density at radius 2 is 1.93 bits per heavy atom. The maximum atomic E-state index is 10.9. The number of nitrogens with one attached hydrogen (secondary N) is 1. The summed E-state index contributed by atoms with van der Waals surface area (Å²) in [5.41, 5.74) is 0. The van der Waals surface area contributed by atoms with Gasteiger partial charge < -0.3 is 15.3 Å². The van der Waals surface area contributed by atoms with Gasteiger partial charge in [0.1, 0.15) is 0 Å². The van der Waals surface area contributed by atoms with Gasteiger partial charge in [-0.2, -0.15) is 0 Å². The molecule has 0 aromatic carbocycles. The highest BCUT2D eigenvalue weighted by atomic mass is 16.4. The average Bonchev–Trinajstić information content (AvgIpc) is 2.22. The zero-order valence-corrected chi connectivity index (χ0v) is 9.45. The molecule has 15 heavy (non-hydrogen) atoms. The highest BCUT2D eigenvalue weighted by molar-refractivity contribution is 5.75. The summed E-state index contributed by atoms with van der Waals surface area (Å²) in [7, 11) is 1.62. The fourth-order valence-corrected chi connectivity index (χ4v) is 1.27. The first-order valence-electron chi connectivity index (χ1n) is 5.24. The van der Waals surface area contributed by atoms with Crippen molar-refractivity contribution in [1.29, 1.82) is 0 Å². The van der Waals surface area contributed by atoms with Gasteiger partial charge in [-0.1, -0.05) is 6.92 Å². The van der Waals surface area contributed by atoms with E-state index in [0.717, 1.165) is 19.5 Å². The van der Waals surface area contributed by atoms with Crippen LogP contribution in [0.1, 0.15) is 26.2 Å². The molecule has 0 aromatic rings. The van der Waals surface area contributed by atoms with Crippen molar-refractivity contribution >= 4 is 11.9 Å². The predicted molar refractivity (Wildman–Crippen MR) is 57.7 cm³/mol. The van der Waals surface area contributed by atoms with Crippen molar-refractivity contribution in [3.8, 4) is 0 Å². The largest absolute Gasteiger partial charge is 0.481 e. The summed E-state index contributed by atoms with van der Waals surface area (Å²) in [6.07, 6.45) is 1.43. The number of aliphatic carboxylic acids is 1. The van der Waals surface area contributed by atoms with Crippen molar-refractivity contribution in [2.45, 2.75) is 26.2 Å². The minimum absolute atomic E-state index is 0.0317. The Morgan fingerprint density at radius 3 is 2.40 bits per heavy atom. The number of amides is 1. The number of carboxylic acids is 1. The van der Waals surface area contributed by atoms with E-state index in [4.69, 9.17) is 5.11 Å². The van der Waals surface area contributed by atoms with Crippen molar-refractivity contribution < 1.29 is 14.7 Å². The van der Waals surface area contributed by atoms with E-state index < -0.39 is 5.97 Å². The molecule has 0 aliphatic rings. The Morgan fingerprint density at radius 1 is 1.27 bits per heavy atom. The van der Waals surface area contributed by atoms with Crippen LogP contribution in [0.25, 0.3) is 0 Å². The summed E-state index contributed by atoms with van der Waals surface area (Å²) < 4.78 is 0.